The largest absolute Gasteiger partial charge is 0.507 e. The molecule has 1 amide bonds. The molecule has 4 aromatic rings. The van der Waals surface area contributed by atoms with E-state index in [0.29, 0.717) is 21.2 Å². The zero-order valence-corrected chi connectivity index (χ0v) is 19.8. The fourth-order valence-corrected chi connectivity index (χ4v) is 5.28. The van der Waals surface area contributed by atoms with Crippen LogP contribution in [0.4, 0.5) is 9.52 Å². The Bertz CT molecular complexity index is 1450. The highest BCUT2D eigenvalue weighted by Gasteiger charge is 2.48. The van der Waals surface area contributed by atoms with Gasteiger partial charge in [0.15, 0.2) is 5.13 Å². The number of carbonyl (C=O) groups is 2. The minimum Gasteiger partial charge on any atom is -0.507 e. The first-order valence-corrected chi connectivity index (χ1v) is 11.7. The lowest BCUT2D eigenvalue weighted by Crippen LogP contribution is -2.29. The van der Waals surface area contributed by atoms with Gasteiger partial charge in [-0.05, 0) is 60.2 Å². The van der Waals surface area contributed by atoms with Gasteiger partial charge >= 0.3 is 5.91 Å². The van der Waals surface area contributed by atoms with Crippen molar-refractivity contribution in [3.05, 3.63) is 98.7 Å². The number of thiazole rings is 1. The molecule has 3 aromatic carbocycles. The summed E-state index contributed by atoms with van der Waals surface area (Å²) in [5.74, 6) is -2.52. The lowest BCUT2D eigenvalue weighted by Gasteiger charge is -2.23. The maximum absolute atomic E-state index is 13.4. The summed E-state index contributed by atoms with van der Waals surface area (Å²) in [6.07, 6.45) is 0. The third kappa shape index (κ3) is 3.84. The molecule has 1 aliphatic rings. The summed E-state index contributed by atoms with van der Waals surface area (Å²) >= 11 is 10.7. The van der Waals surface area contributed by atoms with Crippen molar-refractivity contribution in [2.24, 2.45) is 0 Å². The predicted octanol–water partition coefficient (Wildman–Crippen LogP) is 6.48. The van der Waals surface area contributed by atoms with Gasteiger partial charge < -0.3 is 5.11 Å². The molecule has 0 radical (unpaired) electrons. The number of aromatic nitrogens is 1. The van der Waals surface area contributed by atoms with Crippen molar-refractivity contribution >= 4 is 71.7 Å². The molecular formula is C24H13BrClFN2O3S. The molecule has 1 atom stereocenters. The van der Waals surface area contributed by atoms with Gasteiger partial charge in [0.25, 0.3) is 5.78 Å². The number of rotatable bonds is 3. The van der Waals surface area contributed by atoms with Crippen LogP contribution in [0.3, 0.4) is 0 Å². The van der Waals surface area contributed by atoms with Crippen molar-refractivity contribution in [1.29, 1.82) is 0 Å². The van der Waals surface area contributed by atoms with Gasteiger partial charge in [0.05, 0.1) is 21.8 Å². The molecule has 33 heavy (non-hydrogen) atoms. The first kappa shape index (κ1) is 21.8. The van der Waals surface area contributed by atoms with Crippen LogP contribution in [-0.4, -0.2) is 21.8 Å². The Hall–Kier alpha value is -3.07. The van der Waals surface area contributed by atoms with E-state index < -0.39 is 23.5 Å². The van der Waals surface area contributed by atoms with Crippen LogP contribution < -0.4 is 4.90 Å². The van der Waals surface area contributed by atoms with Crippen molar-refractivity contribution < 1.29 is 19.1 Å². The summed E-state index contributed by atoms with van der Waals surface area (Å²) in [5.41, 5.74) is 1.38. The second-order valence-electron chi connectivity index (χ2n) is 7.34. The van der Waals surface area contributed by atoms with Gasteiger partial charge in [0.2, 0.25) is 0 Å². The van der Waals surface area contributed by atoms with Crippen molar-refractivity contribution in [2.45, 2.75) is 6.04 Å². The Kier molecular flexibility index (Phi) is 5.52. The molecule has 5 nitrogen and oxygen atoms in total. The number of aliphatic hydroxyl groups excluding tert-OH is 1. The molecule has 5 rings (SSSR count). The first-order chi connectivity index (χ1) is 15.8. The minimum absolute atomic E-state index is 0.0915. The summed E-state index contributed by atoms with van der Waals surface area (Å²) in [6, 6.07) is 16.4. The maximum Gasteiger partial charge on any atom is 0.301 e. The SMILES string of the molecule is O=C1C(=O)N(c2nc3ccc(Cl)cc3s2)C(c2ccc(Br)cc2)C1=C(O)c1ccc(F)cc1. The van der Waals surface area contributed by atoms with Crippen LogP contribution in [0.15, 0.2) is 76.8 Å². The van der Waals surface area contributed by atoms with Crippen molar-refractivity contribution in [1.82, 2.24) is 4.98 Å². The molecule has 1 N–H and O–H groups in total. The molecule has 0 aliphatic carbocycles. The topological polar surface area (TPSA) is 70.5 Å². The number of hydrogen-bond acceptors (Lipinski definition) is 5. The van der Waals surface area contributed by atoms with Crippen molar-refractivity contribution in [2.75, 3.05) is 4.90 Å². The number of Topliss-reactive ketones (excluding diaryl/α,β-unsaturated/α-hetero) is 1. The van der Waals surface area contributed by atoms with E-state index in [1.165, 1.54) is 40.5 Å². The van der Waals surface area contributed by atoms with Crippen LogP contribution in [0.2, 0.25) is 5.02 Å². The average molecular weight is 544 g/mol. The zero-order valence-electron chi connectivity index (χ0n) is 16.6. The molecule has 9 heteroatoms. The molecule has 1 unspecified atom stereocenters. The Balaban J connectivity index is 1.73. The van der Waals surface area contributed by atoms with Crippen molar-refractivity contribution in [3.63, 3.8) is 0 Å². The molecule has 1 fully saturated rings. The Morgan fingerprint density at radius 3 is 2.45 bits per heavy atom. The van der Waals surface area contributed by atoms with E-state index >= 15 is 0 Å². The molecule has 2 heterocycles. The third-order valence-corrected chi connectivity index (χ3v) is 7.07. The van der Waals surface area contributed by atoms with Crippen LogP contribution in [0, 0.1) is 5.82 Å². The second-order valence-corrected chi connectivity index (χ2v) is 9.70. The zero-order chi connectivity index (χ0) is 23.3. The maximum atomic E-state index is 13.4. The Labute approximate surface area is 204 Å². The summed E-state index contributed by atoms with van der Waals surface area (Å²) < 4.78 is 15.0. The number of ketones is 1. The highest BCUT2D eigenvalue weighted by Crippen LogP contribution is 2.44. The molecule has 0 spiro atoms. The summed E-state index contributed by atoms with van der Waals surface area (Å²) in [6.45, 7) is 0. The van der Waals surface area contributed by atoms with E-state index in [0.717, 1.165) is 9.17 Å². The van der Waals surface area contributed by atoms with Crippen molar-refractivity contribution in [3.8, 4) is 0 Å². The normalized spacial score (nSPS) is 17.8. The quantitative estimate of drug-likeness (QED) is 0.182. The molecule has 0 saturated carbocycles. The first-order valence-electron chi connectivity index (χ1n) is 9.72. The summed E-state index contributed by atoms with van der Waals surface area (Å²) in [5, 5.41) is 11.9. The van der Waals surface area contributed by atoms with E-state index in [4.69, 9.17) is 11.6 Å². The molecule has 1 aliphatic heterocycles. The number of nitrogens with zero attached hydrogens (tertiary/aromatic N) is 2. The molecule has 0 bridgehead atoms. The van der Waals surface area contributed by atoms with Crippen LogP contribution in [-0.2, 0) is 9.59 Å². The van der Waals surface area contributed by atoms with Gasteiger partial charge in [-0.3, -0.25) is 14.5 Å². The summed E-state index contributed by atoms with van der Waals surface area (Å²) in [4.78, 5) is 32.2. The number of fused-ring (bicyclic) bond motifs is 1. The van der Waals surface area contributed by atoms with Crippen LogP contribution in [0.25, 0.3) is 16.0 Å². The number of anilines is 1. The molecule has 1 aromatic heterocycles. The van der Waals surface area contributed by atoms with Gasteiger partial charge in [-0.1, -0.05) is 51.0 Å². The smallest absolute Gasteiger partial charge is 0.301 e. The fraction of sp³-hybridized carbons (Fsp3) is 0.0417. The number of carbonyl (C=O) groups excluding carboxylic acids is 2. The average Bonchev–Trinajstić information content (AvgIpc) is 3.32. The van der Waals surface area contributed by atoms with Gasteiger partial charge in [-0.2, -0.15) is 0 Å². The van der Waals surface area contributed by atoms with E-state index in [9.17, 15) is 19.1 Å². The highest BCUT2D eigenvalue weighted by molar-refractivity contribution is 9.10. The number of hydrogen-bond donors (Lipinski definition) is 1. The van der Waals surface area contributed by atoms with E-state index in [2.05, 4.69) is 20.9 Å². The fourth-order valence-electron chi connectivity index (χ4n) is 3.74. The van der Waals surface area contributed by atoms with E-state index in [-0.39, 0.29) is 16.9 Å². The minimum atomic E-state index is -0.917. The number of aliphatic hydroxyl groups is 1. The predicted molar refractivity (Wildman–Crippen MR) is 130 cm³/mol. The lowest BCUT2D eigenvalue weighted by atomic mass is 9.95. The summed E-state index contributed by atoms with van der Waals surface area (Å²) in [7, 11) is 0. The molecular weight excluding hydrogens is 531 g/mol. The number of halogens is 3. The van der Waals surface area contributed by atoms with Crippen LogP contribution in [0.1, 0.15) is 17.2 Å². The van der Waals surface area contributed by atoms with E-state index in [1.807, 2.05) is 0 Å². The third-order valence-electron chi connectivity index (χ3n) is 5.29. The molecule has 1 saturated heterocycles. The Morgan fingerprint density at radius 1 is 1.06 bits per heavy atom. The monoisotopic (exact) mass is 542 g/mol. The van der Waals surface area contributed by atoms with E-state index in [1.54, 1.807) is 42.5 Å². The highest BCUT2D eigenvalue weighted by atomic mass is 79.9. The lowest BCUT2D eigenvalue weighted by molar-refractivity contribution is -0.132. The molecule has 164 valence electrons. The second kappa shape index (κ2) is 8.37. The Morgan fingerprint density at radius 2 is 1.76 bits per heavy atom. The number of amides is 1. The standard InChI is InChI=1S/C24H13BrClFN2O3S/c25-14-5-1-12(2-6-14)20-19(21(30)13-3-8-16(27)9-4-13)22(31)23(32)29(20)24-28-17-10-7-15(26)11-18(17)33-24/h1-11,20,30H. The van der Waals surface area contributed by atoms with Gasteiger partial charge in [-0.15, -0.1) is 0 Å². The van der Waals surface area contributed by atoms with Gasteiger partial charge in [-0.25, -0.2) is 9.37 Å². The number of benzene rings is 3. The van der Waals surface area contributed by atoms with Gasteiger partial charge in [0.1, 0.15) is 11.6 Å². The van der Waals surface area contributed by atoms with Crippen LogP contribution >= 0.6 is 38.9 Å². The van der Waals surface area contributed by atoms with Gasteiger partial charge in [0, 0.05) is 15.1 Å². The van der Waals surface area contributed by atoms with Crippen LogP contribution in [0.5, 0.6) is 0 Å².